The molecule has 0 aliphatic heterocycles. The molecule has 1 atom stereocenters. The molecule has 0 saturated carbocycles. The molecule has 0 heterocycles. The molecule has 0 amide bonds. The van der Waals surface area contributed by atoms with E-state index in [1.165, 1.54) is 0 Å². The number of carbonyl (C=O) groups excluding carboxylic acids is 1. The number of nitrogen functional groups attached to an aromatic ring is 1. The molecule has 3 N–H and O–H groups in total. The summed E-state index contributed by atoms with van der Waals surface area (Å²) in [5.74, 6) is -0.358. The molecule has 0 spiro atoms. The van der Waals surface area contributed by atoms with Crippen LogP contribution >= 0.6 is 0 Å². The van der Waals surface area contributed by atoms with Crippen molar-refractivity contribution >= 4 is 17.3 Å². The number of benzene rings is 1. The second-order valence-corrected chi connectivity index (χ2v) is 4.23. The summed E-state index contributed by atoms with van der Waals surface area (Å²) in [4.78, 5) is 11.6. The molecule has 0 aliphatic rings. The fourth-order valence-electron chi connectivity index (χ4n) is 1.64. The van der Waals surface area contributed by atoms with Crippen LogP contribution in [0.1, 0.15) is 31.1 Å². The highest BCUT2D eigenvalue weighted by Crippen LogP contribution is 2.21. The SMILES string of the molecule is CCOCC(C)Nc1ccc(C(=O)OCC)cc1N. The van der Waals surface area contributed by atoms with Crippen LogP contribution in [0.15, 0.2) is 18.2 Å². The lowest BCUT2D eigenvalue weighted by Gasteiger charge is -2.17. The molecule has 1 aromatic rings. The zero-order valence-corrected chi connectivity index (χ0v) is 11.7. The van der Waals surface area contributed by atoms with E-state index in [1.807, 2.05) is 13.8 Å². The number of esters is 1. The number of carbonyl (C=O) groups is 1. The monoisotopic (exact) mass is 266 g/mol. The third-order valence-corrected chi connectivity index (χ3v) is 2.54. The van der Waals surface area contributed by atoms with Crippen LogP contribution in [0, 0.1) is 0 Å². The largest absolute Gasteiger partial charge is 0.462 e. The van der Waals surface area contributed by atoms with E-state index in [9.17, 15) is 4.79 Å². The van der Waals surface area contributed by atoms with Gasteiger partial charge in [-0.05, 0) is 39.0 Å². The van der Waals surface area contributed by atoms with Crippen LogP contribution in [0.2, 0.25) is 0 Å². The summed E-state index contributed by atoms with van der Waals surface area (Å²) in [6, 6.07) is 5.25. The number of nitrogens with two attached hydrogens (primary N) is 1. The van der Waals surface area contributed by atoms with Gasteiger partial charge < -0.3 is 20.5 Å². The predicted octanol–water partition coefficient (Wildman–Crippen LogP) is 2.28. The lowest BCUT2D eigenvalue weighted by atomic mass is 10.1. The zero-order chi connectivity index (χ0) is 14.3. The highest BCUT2D eigenvalue weighted by atomic mass is 16.5. The van der Waals surface area contributed by atoms with Gasteiger partial charge in [-0.1, -0.05) is 0 Å². The third kappa shape index (κ3) is 4.79. The zero-order valence-electron chi connectivity index (χ0n) is 11.7. The van der Waals surface area contributed by atoms with Crippen molar-refractivity contribution in [3.05, 3.63) is 23.8 Å². The molecule has 0 saturated heterocycles. The Morgan fingerprint density at radius 2 is 2.11 bits per heavy atom. The van der Waals surface area contributed by atoms with Gasteiger partial charge in [0.1, 0.15) is 0 Å². The molecule has 0 bridgehead atoms. The van der Waals surface area contributed by atoms with E-state index >= 15 is 0 Å². The van der Waals surface area contributed by atoms with Crippen LogP contribution in [0.3, 0.4) is 0 Å². The first-order valence-corrected chi connectivity index (χ1v) is 6.49. The summed E-state index contributed by atoms with van der Waals surface area (Å²) in [6.45, 7) is 7.37. The second-order valence-electron chi connectivity index (χ2n) is 4.23. The smallest absolute Gasteiger partial charge is 0.338 e. The maximum atomic E-state index is 11.6. The van der Waals surface area contributed by atoms with E-state index in [2.05, 4.69) is 5.32 Å². The first kappa shape index (κ1) is 15.3. The Hall–Kier alpha value is -1.75. The molecule has 1 unspecified atom stereocenters. The van der Waals surface area contributed by atoms with Crippen LogP contribution in [-0.2, 0) is 9.47 Å². The van der Waals surface area contributed by atoms with Crippen LogP contribution < -0.4 is 11.1 Å². The number of hydrogen-bond donors (Lipinski definition) is 2. The van der Waals surface area contributed by atoms with Crippen molar-refractivity contribution in [3.8, 4) is 0 Å². The summed E-state index contributed by atoms with van der Waals surface area (Å²) < 4.78 is 10.2. The lowest BCUT2D eigenvalue weighted by molar-refractivity contribution is 0.0526. The molecule has 0 aromatic heterocycles. The van der Waals surface area contributed by atoms with Crippen molar-refractivity contribution in [2.24, 2.45) is 0 Å². The number of ether oxygens (including phenoxy) is 2. The average molecular weight is 266 g/mol. The Balaban J connectivity index is 2.69. The molecule has 5 nitrogen and oxygen atoms in total. The van der Waals surface area contributed by atoms with Crippen LogP contribution in [0.5, 0.6) is 0 Å². The predicted molar refractivity (Wildman–Crippen MR) is 76.4 cm³/mol. The molecule has 5 heteroatoms. The van der Waals surface area contributed by atoms with Crippen LogP contribution in [-0.4, -0.2) is 31.8 Å². The van der Waals surface area contributed by atoms with Crippen molar-refractivity contribution in [2.45, 2.75) is 26.8 Å². The Kier molecular flexibility index (Phi) is 6.15. The minimum absolute atomic E-state index is 0.149. The van der Waals surface area contributed by atoms with E-state index in [0.717, 1.165) is 5.69 Å². The van der Waals surface area contributed by atoms with E-state index < -0.39 is 0 Å². The van der Waals surface area contributed by atoms with Gasteiger partial charge in [0.05, 0.1) is 30.2 Å². The lowest BCUT2D eigenvalue weighted by Crippen LogP contribution is -2.22. The molecule has 0 radical (unpaired) electrons. The van der Waals surface area contributed by atoms with Gasteiger partial charge in [-0.3, -0.25) is 0 Å². The van der Waals surface area contributed by atoms with E-state index in [-0.39, 0.29) is 12.0 Å². The van der Waals surface area contributed by atoms with Gasteiger partial charge in [-0.25, -0.2) is 4.79 Å². The number of hydrogen-bond acceptors (Lipinski definition) is 5. The summed E-state index contributed by atoms with van der Waals surface area (Å²) in [5, 5.41) is 3.24. The van der Waals surface area contributed by atoms with E-state index in [0.29, 0.717) is 31.1 Å². The van der Waals surface area contributed by atoms with Gasteiger partial charge in [0.25, 0.3) is 0 Å². The first-order valence-electron chi connectivity index (χ1n) is 6.49. The van der Waals surface area contributed by atoms with Gasteiger partial charge in [-0.2, -0.15) is 0 Å². The van der Waals surface area contributed by atoms with Gasteiger partial charge >= 0.3 is 5.97 Å². The Morgan fingerprint density at radius 1 is 1.37 bits per heavy atom. The van der Waals surface area contributed by atoms with E-state index in [4.69, 9.17) is 15.2 Å². The standard InChI is InChI=1S/C14H22N2O3/c1-4-18-9-10(3)16-13-7-6-11(8-12(13)15)14(17)19-5-2/h6-8,10,16H,4-5,9,15H2,1-3H3. The van der Waals surface area contributed by atoms with Gasteiger partial charge in [-0.15, -0.1) is 0 Å². The Bertz CT molecular complexity index is 421. The second kappa shape index (κ2) is 7.63. The average Bonchev–Trinajstić information content (AvgIpc) is 2.39. The number of rotatable bonds is 7. The third-order valence-electron chi connectivity index (χ3n) is 2.54. The van der Waals surface area contributed by atoms with E-state index in [1.54, 1.807) is 25.1 Å². The highest BCUT2D eigenvalue weighted by molar-refractivity contribution is 5.91. The summed E-state index contributed by atoms with van der Waals surface area (Å²) in [7, 11) is 0. The molecule has 0 aliphatic carbocycles. The quantitative estimate of drug-likeness (QED) is 0.585. The van der Waals surface area contributed by atoms with Gasteiger partial charge in [0.15, 0.2) is 0 Å². The Labute approximate surface area is 114 Å². The van der Waals surface area contributed by atoms with Crippen molar-refractivity contribution in [1.82, 2.24) is 0 Å². The van der Waals surface area contributed by atoms with Gasteiger partial charge in [0.2, 0.25) is 0 Å². The van der Waals surface area contributed by atoms with Crippen molar-refractivity contribution in [1.29, 1.82) is 0 Å². The van der Waals surface area contributed by atoms with Gasteiger partial charge in [0, 0.05) is 12.6 Å². The molecular formula is C14H22N2O3. The van der Waals surface area contributed by atoms with Crippen molar-refractivity contribution in [3.63, 3.8) is 0 Å². The first-order chi connectivity index (χ1) is 9.08. The molecular weight excluding hydrogens is 244 g/mol. The molecule has 1 rings (SSSR count). The molecule has 0 fully saturated rings. The summed E-state index contributed by atoms with van der Waals surface area (Å²) >= 11 is 0. The molecule has 19 heavy (non-hydrogen) atoms. The normalized spacial score (nSPS) is 11.9. The minimum atomic E-state index is -0.358. The fraction of sp³-hybridized carbons (Fsp3) is 0.500. The van der Waals surface area contributed by atoms with Crippen LogP contribution in [0.25, 0.3) is 0 Å². The number of nitrogens with one attached hydrogen (secondary N) is 1. The fourth-order valence-corrected chi connectivity index (χ4v) is 1.64. The van der Waals surface area contributed by atoms with Crippen molar-refractivity contribution < 1.29 is 14.3 Å². The number of anilines is 2. The van der Waals surface area contributed by atoms with Crippen LogP contribution in [0.4, 0.5) is 11.4 Å². The highest BCUT2D eigenvalue weighted by Gasteiger charge is 2.10. The summed E-state index contributed by atoms with van der Waals surface area (Å²) in [5.41, 5.74) is 7.70. The maximum Gasteiger partial charge on any atom is 0.338 e. The maximum absolute atomic E-state index is 11.6. The Morgan fingerprint density at radius 3 is 2.68 bits per heavy atom. The minimum Gasteiger partial charge on any atom is -0.462 e. The topological polar surface area (TPSA) is 73.6 Å². The molecule has 1 aromatic carbocycles. The molecule has 106 valence electrons. The van der Waals surface area contributed by atoms with Crippen molar-refractivity contribution in [2.75, 3.05) is 30.9 Å². The summed E-state index contributed by atoms with van der Waals surface area (Å²) in [6.07, 6.45) is 0.